The van der Waals surface area contributed by atoms with Crippen molar-refractivity contribution in [2.24, 2.45) is 0 Å². The monoisotopic (exact) mass is 276 g/mol. The summed E-state index contributed by atoms with van der Waals surface area (Å²) in [6, 6.07) is 6.84. The average Bonchev–Trinajstić information content (AvgIpc) is 2.78. The standard InChI is InChI=1S/C15H20N2O3/c1-10(2)14-13(7-8-18)15(20-3)17(16-14)11-5-4-6-12(19)9-11/h4-6,9-10,18-19H,7-8H2,1-3H3. The molecule has 20 heavy (non-hydrogen) atoms. The van der Waals surface area contributed by atoms with E-state index in [1.807, 2.05) is 6.07 Å². The van der Waals surface area contributed by atoms with Gasteiger partial charge < -0.3 is 14.9 Å². The van der Waals surface area contributed by atoms with Gasteiger partial charge in [0.05, 0.1) is 18.5 Å². The first-order chi connectivity index (χ1) is 9.58. The number of aliphatic hydroxyl groups excluding tert-OH is 1. The van der Waals surface area contributed by atoms with Crippen molar-refractivity contribution >= 4 is 0 Å². The van der Waals surface area contributed by atoms with Crippen LogP contribution in [0.4, 0.5) is 0 Å². The fourth-order valence-electron chi connectivity index (χ4n) is 2.27. The highest BCUT2D eigenvalue weighted by Gasteiger charge is 2.21. The van der Waals surface area contributed by atoms with E-state index in [4.69, 9.17) is 4.74 Å². The molecule has 0 aliphatic rings. The first kappa shape index (κ1) is 14.4. The molecule has 1 aromatic heterocycles. The highest BCUT2D eigenvalue weighted by Crippen LogP contribution is 2.31. The summed E-state index contributed by atoms with van der Waals surface area (Å²) >= 11 is 0. The number of phenolic OH excluding ortho intramolecular Hbond substituents is 1. The van der Waals surface area contributed by atoms with E-state index in [1.54, 1.807) is 30.0 Å². The second-order valence-electron chi connectivity index (χ2n) is 4.93. The Morgan fingerprint density at radius 2 is 2.10 bits per heavy atom. The van der Waals surface area contributed by atoms with Crippen molar-refractivity contribution in [3.63, 3.8) is 0 Å². The Morgan fingerprint density at radius 3 is 2.65 bits per heavy atom. The zero-order valence-electron chi connectivity index (χ0n) is 12.0. The molecule has 0 fully saturated rings. The van der Waals surface area contributed by atoms with E-state index >= 15 is 0 Å². The smallest absolute Gasteiger partial charge is 0.220 e. The van der Waals surface area contributed by atoms with Gasteiger partial charge >= 0.3 is 0 Å². The third-order valence-electron chi connectivity index (χ3n) is 3.14. The normalized spacial score (nSPS) is 11.1. The van der Waals surface area contributed by atoms with Gasteiger partial charge in [0.25, 0.3) is 0 Å². The van der Waals surface area contributed by atoms with Gasteiger partial charge in [-0.15, -0.1) is 0 Å². The van der Waals surface area contributed by atoms with E-state index in [9.17, 15) is 10.2 Å². The van der Waals surface area contributed by atoms with Crippen LogP contribution >= 0.6 is 0 Å². The summed E-state index contributed by atoms with van der Waals surface area (Å²) in [7, 11) is 1.58. The highest BCUT2D eigenvalue weighted by molar-refractivity contribution is 5.45. The molecule has 0 unspecified atom stereocenters. The van der Waals surface area contributed by atoms with Gasteiger partial charge in [0.1, 0.15) is 5.75 Å². The number of ether oxygens (including phenoxy) is 1. The molecule has 0 atom stereocenters. The van der Waals surface area contributed by atoms with E-state index in [1.165, 1.54) is 0 Å². The Labute approximate surface area is 118 Å². The molecule has 5 nitrogen and oxygen atoms in total. The maximum absolute atomic E-state index is 9.60. The highest BCUT2D eigenvalue weighted by atomic mass is 16.5. The van der Waals surface area contributed by atoms with Crippen molar-refractivity contribution in [1.29, 1.82) is 0 Å². The summed E-state index contributed by atoms with van der Waals surface area (Å²) in [5.74, 6) is 1.01. The van der Waals surface area contributed by atoms with Crippen LogP contribution in [0.25, 0.3) is 5.69 Å². The van der Waals surface area contributed by atoms with Crippen LogP contribution in [0.1, 0.15) is 31.0 Å². The molecule has 5 heteroatoms. The predicted molar refractivity (Wildman–Crippen MR) is 76.7 cm³/mol. The summed E-state index contributed by atoms with van der Waals surface area (Å²) in [5.41, 5.74) is 2.54. The molecule has 1 heterocycles. The summed E-state index contributed by atoms with van der Waals surface area (Å²) in [6.45, 7) is 4.15. The van der Waals surface area contributed by atoms with Gasteiger partial charge in [-0.05, 0) is 18.1 Å². The van der Waals surface area contributed by atoms with Crippen molar-refractivity contribution < 1.29 is 14.9 Å². The van der Waals surface area contributed by atoms with Crippen LogP contribution in [0.2, 0.25) is 0 Å². The predicted octanol–water partition coefficient (Wildman–Crippen LogP) is 2.24. The molecule has 0 aliphatic carbocycles. The number of rotatable bonds is 5. The Kier molecular flexibility index (Phi) is 4.29. The zero-order valence-corrected chi connectivity index (χ0v) is 12.0. The Bertz CT molecular complexity index is 591. The summed E-state index contributed by atoms with van der Waals surface area (Å²) in [6.07, 6.45) is 0.496. The number of methoxy groups -OCH3 is 1. The zero-order chi connectivity index (χ0) is 14.7. The molecule has 2 rings (SSSR count). The molecule has 2 N–H and O–H groups in total. The van der Waals surface area contributed by atoms with Gasteiger partial charge in [-0.2, -0.15) is 5.10 Å². The third-order valence-corrected chi connectivity index (χ3v) is 3.14. The SMILES string of the molecule is COc1c(CCO)c(C(C)C)nn1-c1cccc(O)c1. The van der Waals surface area contributed by atoms with Crippen LogP contribution in [0, 0.1) is 0 Å². The maximum atomic E-state index is 9.60. The molecule has 0 radical (unpaired) electrons. The van der Waals surface area contributed by atoms with Gasteiger partial charge in [-0.1, -0.05) is 19.9 Å². The first-order valence-corrected chi connectivity index (χ1v) is 6.64. The van der Waals surface area contributed by atoms with E-state index < -0.39 is 0 Å². The average molecular weight is 276 g/mol. The van der Waals surface area contributed by atoms with E-state index in [-0.39, 0.29) is 18.3 Å². The Hall–Kier alpha value is -2.01. The maximum Gasteiger partial charge on any atom is 0.220 e. The van der Waals surface area contributed by atoms with Gasteiger partial charge in [0.2, 0.25) is 5.88 Å². The fraction of sp³-hybridized carbons (Fsp3) is 0.400. The van der Waals surface area contributed by atoms with Crippen LogP contribution in [-0.4, -0.2) is 33.7 Å². The number of aliphatic hydroxyl groups is 1. The number of phenols is 1. The molecular formula is C15H20N2O3. The summed E-state index contributed by atoms with van der Waals surface area (Å²) in [4.78, 5) is 0. The van der Waals surface area contributed by atoms with Crippen LogP contribution in [0.3, 0.4) is 0 Å². The largest absolute Gasteiger partial charge is 0.508 e. The van der Waals surface area contributed by atoms with Crippen molar-refractivity contribution in [2.45, 2.75) is 26.2 Å². The van der Waals surface area contributed by atoms with Crippen molar-refractivity contribution in [2.75, 3.05) is 13.7 Å². The van der Waals surface area contributed by atoms with Gasteiger partial charge in [-0.3, -0.25) is 0 Å². The van der Waals surface area contributed by atoms with Gasteiger partial charge in [0.15, 0.2) is 0 Å². The third kappa shape index (κ3) is 2.63. The quantitative estimate of drug-likeness (QED) is 0.879. The first-order valence-electron chi connectivity index (χ1n) is 6.64. The lowest BCUT2D eigenvalue weighted by atomic mass is 10.0. The summed E-state index contributed by atoms with van der Waals surface area (Å²) < 4.78 is 7.13. The number of aromatic hydroxyl groups is 1. The molecule has 0 saturated heterocycles. The lowest BCUT2D eigenvalue weighted by molar-refractivity contribution is 0.295. The van der Waals surface area contributed by atoms with Gasteiger partial charge in [-0.25, -0.2) is 4.68 Å². The van der Waals surface area contributed by atoms with Crippen LogP contribution in [0.5, 0.6) is 11.6 Å². The second-order valence-corrected chi connectivity index (χ2v) is 4.93. The molecule has 1 aromatic carbocycles. The van der Waals surface area contributed by atoms with E-state index in [0.717, 1.165) is 16.9 Å². The minimum absolute atomic E-state index is 0.0435. The number of aromatic nitrogens is 2. The van der Waals surface area contributed by atoms with E-state index in [0.29, 0.717) is 12.3 Å². The number of benzene rings is 1. The van der Waals surface area contributed by atoms with Crippen LogP contribution in [0.15, 0.2) is 24.3 Å². The molecule has 108 valence electrons. The van der Waals surface area contributed by atoms with Crippen molar-refractivity contribution in [3.05, 3.63) is 35.5 Å². The topological polar surface area (TPSA) is 67.5 Å². The minimum Gasteiger partial charge on any atom is -0.508 e. The van der Waals surface area contributed by atoms with Gasteiger partial charge in [0, 0.05) is 24.7 Å². The fourth-order valence-corrected chi connectivity index (χ4v) is 2.27. The Morgan fingerprint density at radius 1 is 1.35 bits per heavy atom. The molecule has 0 saturated carbocycles. The molecule has 0 amide bonds. The number of hydrogen-bond acceptors (Lipinski definition) is 4. The van der Waals surface area contributed by atoms with Crippen molar-refractivity contribution in [1.82, 2.24) is 9.78 Å². The Balaban J connectivity index is 2.61. The minimum atomic E-state index is 0.0435. The van der Waals surface area contributed by atoms with Crippen LogP contribution < -0.4 is 4.74 Å². The lowest BCUT2D eigenvalue weighted by Gasteiger charge is -2.08. The summed E-state index contributed by atoms with van der Waals surface area (Å²) in [5, 5.41) is 23.4. The molecule has 0 bridgehead atoms. The lowest BCUT2D eigenvalue weighted by Crippen LogP contribution is -2.01. The van der Waals surface area contributed by atoms with Crippen LogP contribution in [-0.2, 0) is 6.42 Å². The molecule has 2 aromatic rings. The van der Waals surface area contributed by atoms with Crippen molar-refractivity contribution in [3.8, 4) is 17.3 Å². The molecule has 0 aliphatic heterocycles. The second kappa shape index (κ2) is 5.96. The molecular weight excluding hydrogens is 256 g/mol. The number of hydrogen-bond donors (Lipinski definition) is 2. The molecule has 0 spiro atoms. The number of nitrogens with zero attached hydrogens (tertiary/aromatic N) is 2. The van der Waals surface area contributed by atoms with E-state index in [2.05, 4.69) is 18.9 Å².